The maximum Gasteiger partial charge on any atom is 0.0992 e. The summed E-state index contributed by atoms with van der Waals surface area (Å²) in [5.41, 5.74) is 25.1. The molecule has 0 saturated carbocycles. The zero-order chi connectivity index (χ0) is 73.1. The minimum absolute atomic E-state index is 0.658. The van der Waals surface area contributed by atoms with Gasteiger partial charge in [-0.05, 0) is 233 Å². The Labute approximate surface area is 628 Å². The van der Waals surface area contributed by atoms with Gasteiger partial charge < -0.3 is 29.4 Å². The third-order valence-electron chi connectivity index (χ3n) is 19.1. The van der Waals surface area contributed by atoms with Crippen LogP contribution in [0.2, 0.25) is 0 Å². The van der Waals surface area contributed by atoms with Gasteiger partial charge in [-0.2, -0.15) is 10.5 Å². The van der Waals surface area contributed by atoms with E-state index in [0.29, 0.717) is 11.1 Å². The number of hydrogen-bond acceptors (Lipinski definition) is 8. The average molecular weight is 1380 g/mol. The first kappa shape index (κ1) is 69.6. The summed E-state index contributed by atoms with van der Waals surface area (Å²) in [6, 6.07) is 149. The SMILES string of the molecule is CN(c1ccc(-c2ccc(N(c3ccccc3)c3ccccc3)cc2)cc1)c1cccc(C#N)c1.CN(c1ccc(C#N)cc1)c1ccc(-c2ccc(N(c3ccccc3)c3ccccc3)cc2)cc1.CN(c1ccccc1)c1ccc(-c2ccc(N(c3ccccc3)c3cccc4ccccc34)cc2)cc1. The molecule has 8 heteroatoms. The van der Waals surface area contributed by atoms with Crippen LogP contribution >= 0.6 is 0 Å². The average Bonchev–Trinajstić information content (AvgIpc) is 0.777. The predicted octanol–water partition coefficient (Wildman–Crippen LogP) is 26.7. The Morgan fingerprint density at radius 3 is 0.766 bits per heavy atom. The topological polar surface area (TPSA) is 67.0 Å². The van der Waals surface area contributed by atoms with E-state index in [1.807, 2.05) is 93.0 Å². The summed E-state index contributed by atoms with van der Waals surface area (Å²) in [7, 11) is 6.15. The zero-order valence-electron chi connectivity index (χ0n) is 59.9. The minimum atomic E-state index is 0.658. The molecule has 16 rings (SSSR count). The minimum Gasteiger partial charge on any atom is -0.345 e. The fourth-order valence-electron chi connectivity index (χ4n) is 13.3. The number of nitriles is 2. The number of hydrogen-bond donors (Lipinski definition) is 0. The highest BCUT2D eigenvalue weighted by Crippen LogP contribution is 2.42. The number of rotatable bonds is 18. The molecule has 0 bridgehead atoms. The Hall–Kier alpha value is -14.4. The molecule has 107 heavy (non-hydrogen) atoms. The largest absolute Gasteiger partial charge is 0.345 e. The second-order valence-corrected chi connectivity index (χ2v) is 25.8. The normalized spacial score (nSPS) is 10.6. The van der Waals surface area contributed by atoms with E-state index >= 15 is 0 Å². The highest BCUT2D eigenvalue weighted by atomic mass is 15.2. The first-order valence-corrected chi connectivity index (χ1v) is 35.7. The summed E-state index contributed by atoms with van der Waals surface area (Å²) in [6.45, 7) is 0. The van der Waals surface area contributed by atoms with E-state index in [-0.39, 0.29) is 0 Å². The molecule has 0 aliphatic rings. The summed E-state index contributed by atoms with van der Waals surface area (Å²) in [5.74, 6) is 0. The fraction of sp³-hybridized carbons (Fsp3) is 0.0303. The van der Waals surface area contributed by atoms with Crippen LogP contribution < -0.4 is 29.4 Å². The van der Waals surface area contributed by atoms with Gasteiger partial charge in [0.05, 0.1) is 29.0 Å². The smallest absolute Gasteiger partial charge is 0.0992 e. The molecule has 0 atom stereocenters. The Morgan fingerprint density at radius 2 is 0.421 bits per heavy atom. The standard InChI is InChI=1S/C35H28N2.2C32H25N3/c1-36(30-13-4-2-5-14-30)31-23-19-27(20-24-31)28-21-25-33(26-22-28)37(32-15-6-3-7-16-32)35-18-10-12-29-11-8-9-17-34(29)35;1-34(32-14-8-9-25(23-32)24-33)28-19-15-26(16-20-28)27-17-21-31(22-18-27)35(29-10-4-2-5-11-29)30-12-6-3-7-13-30;1-34(28-18-12-25(24-33)13-19-28)29-20-14-26(15-21-29)27-16-22-32(23-17-27)35(30-8-4-2-5-9-30)31-10-6-3-7-11-31/h2-26H,1H3;2*2-23H,1H3. The first-order chi connectivity index (χ1) is 52.7. The quantitative estimate of drug-likeness (QED) is 0.0842. The Bertz CT molecular complexity index is 5500. The highest BCUT2D eigenvalue weighted by Gasteiger charge is 2.18. The van der Waals surface area contributed by atoms with E-state index in [9.17, 15) is 5.26 Å². The number of benzene rings is 16. The molecule has 0 radical (unpaired) electrons. The van der Waals surface area contributed by atoms with Gasteiger partial charge in [0, 0.05) is 106 Å². The summed E-state index contributed by atoms with van der Waals surface area (Å²) >= 11 is 0. The van der Waals surface area contributed by atoms with Crippen molar-refractivity contribution in [1.29, 1.82) is 10.5 Å². The molecule has 0 heterocycles. The molecule has 0 unspecified atom stereocenters. The van der Waals surface area contributed by atoms with E-state index in [1.54, 1.807) is 0 Å². The monoisotopic (exact) mass is 1380 g/mol. The fourth-order valence-corrected chi connectivity index (χ4v) is 13.3. The van der Waals surface area contributed by atoms with E-state index < -0.39 is 0 Å². The van der Waals surface area contributed by atoms with Crippen LogP contribution in [-0.2, 0) is 0 Å². The molecular formula is C99H78N8. The van der Waals surface area contributed by atoms with Gasteiger partial charge in [0.15, 0.2) is 0 Å². The Balaban J connectivity index is 0.000000135. The second-order valence-electron chi connectivity index (χ2n) is 25.8. The number of para-hydroxylation sites is 6. The van der Waals surface area contributed by atoms with E-state index in [2.05, 4.69) is 388 Å². The number of anilines is 15. The molecule has 514 valence electrons. The van der Waals surface area contributed by atoms with E-state index in [1.165, 1.54) is 44.4 Å². The molecule has 16 aromatic rings. The van der Waals surface area contributed by atoms with Crippen molar-refractivity contribution < 1.29 is 0 Å². The van der Waals surface area contributed by atoms with Gasteiger partial charge in [-0.15, -0.1) is 0 Å². The summed E-state index contributed by atoms with van der Waals surface area (Å²) < 4.78 is 0. The van der Waals surface area contributed by atoms with Crippen molar-refractivity contribution in [3.8, 4) is 45.5 Å². The molecule has 0 aliphatic carbocycles. The third kappa shape index (κ3) is 16.6. The summed E-state index contributed by atoms with van der Waals surface area (Å²) in [4.78, 5) is 13.3. The molecule has 0 aliphatic heterocycles. The van der Waals surface area contributed by atoms with Crippen LogP contribution in [-0.4, -0.2) is 21.1 Å². The molecule has 16 aromatic carbocycles. The molecule has 8 nitrogen and oxygen atoms in total. The van der Waals surface area contributed by atoms with Crippen molar-refractivity contribution in [2.45, 2.75) is 0 Å². The van der Waals surface area contributed by atoms with Gasteiger partial charge in [0.2, 0.25) is 0 Å². The van der Waals surface area contributed by atoms with Gasteiger partial charge in [-0.1, -0.05) is 224 Å². The maximum absolute atomic E-state index is 9.19. The lowest BCUT2D eigenvalue weighted by atomic mass is 10.0. The van der Waals surface area contributed by atoms with E-state index in [4.69, 9.17) is 5.26 Å². The molecule has 0 aromatic heterocycles. The van der Waals surface area contributed by atoms with Crippen molar-refractivity contribution in [1.82, 2.24) is 0 Å². The lowest BCUT2D eigenvalue weighted by Gasteiger charge is -2.27. The predicted molar refractivity (Wildman–Crippen MR) is 450 cm³/mol. The van der Waals surface area contributed by atoms with E-state index in [0.717, 1.165) is 85.1 Å². The van der Waals surface area contributed by atoms with Crippen molar-refractivity contribution in [3.63, 3.8) is 0 Å². The van der Waals surface area contributed by atoms with Crippen LogP contribution in [0.4, 0.5) is 85.3 Å². The van der Waals surface area contributed by atoms with Crippen LogP contribution in [0.25, 0.3) is 44.2 Å². The molecule has 0 N–H and O–H groups in total. The Morgan fingerprint density at radius 1 is 0.187 bits per heavy atom. The van der Waals surface area contributed by atoms with Crippen LogP contribution in [0.15, 0.2) is 419 Å². The number of nitrogens with zero attached hydrogens (tertiary/aromatic N) is 8. The molecule has 0 amide bonds. The van der Waals surface area contributed by atoms with Crippen LogP contribution in [0, 0.1) is 22.7 Å². The van der Waals surface area contributed by atoms with Crippen LogP contribution in [0.3, 0.4) is 0 Å². The van der Waals surface area contributed by atoms with Gasteiger partial charge in [0.25, 0.3) is 0 Å². The maximum atomic E-state index is 9.19. The van der Waals surface area contributed by atoms with Gasteiger partial charge in [0.1, 0.15) is 0 Å². The lowest BCUT2D eigenvalue weighted by Crippen LogP contribution is -2.10. The van der Waals surface area contributed by atoms with Gasteiger partial charge >= 0.3 is 0 Å². The highest BCUT2D eigenvalue weighted by molar-refractivity contribution is 5.99. The van der Waals surface area contributed by atoms with Crippen LogP contribution in [0.1, 0.15) is 11.1 Å². The van der Waals surface area contributed by atoms with Gasteiger partial charge in [-0.3, -0.25) is 0 Å². The molecule has 0 fully saturated rings. The van der Waals surface area contributed by atoms with Crippen molar-refractivity contribution in [2.75, 3.05) is 50.5 Å². The summed E-state index contributed by atoms with van der Waals surface area (Å²) in [5, 5.41) is 20.7. The Kier molecular flexibility index (Phi) is 21.8. The second kappa shape index (κ2) is 33.6. The van der Waals surface area contributed by atoms with Crippen molar-refractivity contribution in [3.05, 3.63) is 430 Å². The summed E-state index contributed by atoms with van der Waals surface area (Å²) in [6.07, 6.45) is 0. The number of fused-ring (bicyclic) bond motifs is 1. The molecular weight excluding hydrogens is 1300 g/mol. The molecule has 0 saturated heterocycles. The first-order valence-electron chi connectivity index (χ1n) is 35.7. The zero-order valence-corrected chi connectivity index (χ0v) is 59.9. The van der Waals surface area contributed by atoms with Crippen LogP contribution in [0.5, 0.6) is 0 Å². The lowest BCUT2D eigenvalue weighted by molar-refractivity contribution is 1.21. The van der Waals surface area contributed by atoms with Crippen molar-refractivity contribution in [2.24, 2.45) is 0 Å². The van der Waals surface area contributed by atoms with Crippen molar-refractivity contribution >= 4 is 96.1 Å². The van der Waals surface area contributed by atoms with Gasteiger partial charge in [-0.25, -0.2) is 0 Å². The third-order valence-corrected chi connectivity index (χ3v) is 19.1. The molecule has 0 spiro atoms.